The summed E-state index contributed by atoms with van der Waals surface area (Å²) in [6.45, 7) is 0.0974. The molecule has 0 aromatic heterocycles. The fraction of sp³-hybridized carbons (Fsp3) is 0.0800. The zero-order chi connectivity index (χ0) is 25.1. The van der Waals surface area contributed by atoms with Crippen molar-refractivity contribution in [1.29, 1.82) is 0 Å². The predicted molar refractivity (Wildman–Crippen MR) is 129 cm³/mol. The molecule has 7 nitrogen and oxygen atoms in total. The van der Waals surface area contributed by atoms with Crippen molar-refractivity contribution >= 4 is 52.8 Å². The number of nitrogens with one attached hydrogen (secondary N) is 1. The lowest BCUT2D eigenvalue weighted by molar-refractivity contribution is -0.122. The van der Waals surface area contributed by atoms with Crippen LogP contribution in [-0.4, -0.2) is 25.0 Å². The standard InChI is InChI=1S/C25H17Cl2FN2O5/c1-34-16-8-7-15(22(12-16)35-13-14-6-9-18(26)19(27)10-14)11-17-23(31)29-25(33)30(24(17)32)21-5-3-2-4-20(21)28/h2-12H,13H2,1H3,(H,29,31,33)/b17-11-. The monoisotopic (exact) mass is 514 g/mol. The van der Waals surface area contributed by atoms with Crippen LogP contribution in [0.1, 0.15) is 11.1 Å². The molecule has 1 heterocycles. The van der Waals surface area contributed by atoms with Crippen LogP contribution in [0.5, 0.6) is 11.5 Å². The molecule has 0 saturated carbocycles. The van der Waals surface area contributed by atoms with Gasteiger partial charge in [0.2, 0.25) is 0 Å². The molecule has 0 unspecified atom stereocenters. The number of methoxy groups -OCH3 is 1. The van der Waals surface area contributed by atoms with Crippen LogP contribution >= 0.6 is 23.2 Å². The number of urea groups is 1. The summed E-state index contributed by atoms with van der Waals surface area (Å²) in [4.78, 5) is 38.6. The number of ether oxygens (including phenoxy) is 2. The quantitative estimate of drug-likeness (QED) is 0.352. The number of carbonyl (C=O) groups excluding carboxylic acids is 3. The zero-order valence-electron chi connectivity index (χ0n) is 18.2. The third kappa shape index (κ3) is 5.13. The highest BCUT2D eigenvalue weighted by molar-refractivity contribution is 6.42. The van der Waals surface area contributed by atoms with Crippen molar-refractivity contribution < 1.29 is 28.2 Å². The fourth-order valence-electron chi connectivity index (χ4n) is 3.34. The van der Waals surface area contributed by atoms with Crippen LogP contribution in [0.15, 0.2) is 66.2 Å². The minimum atomic E-state index is -1.05. The summed E-state index contributed by atoms with van der Waals surface area (Å²) < 4.78 is 25.5. The van der Waals surface area contributed by atoms with E-state index in [2.05, 4.69) is 5.32 Å². The lowest BCUT2D eigenvalue weighted by Gasteiger charge is -2.26. The van der Waals surface area contributed by atoms with E-state index in [1.54, 1.807) is 36.4 Å². The second-order valence-corrected chi connectivity index (χ2v) is 8.16. The van der Waals surface area contributed by atoms with Crippen molar-refractivity contribution in [2.75, 3.05) is 12.0 Å². The highest BCUT2D eigenvalue weighted by atomic mass is 35.5. The van der Waals surface area contributed by atoms with Gasteiger partial charge in [0.1, 0.15) is 29.5 Å². The van der Waals surface area contributed by atoms with Gasteiger partial charge in [-0.05, 0) is 48.0 Å². The molecule has 0 bridgehead atoms. The van der Waals surface area contributed by atoms with Gasteiger partial charge in [-0.3, -0.25) is 14.9 Å². The maximum absolute atomic E-state index is 14.3. The van der Waals surface area contributed by atoms with E-state index in [0.717, 1.165) is 11.6 Å². The number of para-hydroxylation sites is 1. The molecule has 0 radical (unpaired) electrons. The summed E-state index contributed by atoms with van der Waals surface area (Å²) in [5.74, 6) is -1.93. The molecular weight excluding hydrogens is 498 g/mol. The van der Waals surface area contributed by atoms with Gasteiger partial charge in [0, 0.05) is 11.6 Å². The molecular formula is C25H17Cl2FN2O5. The SMILES string of the molecule is COc1ccc(/C=C2/C(=O)NC(=O)N(c3ccccc3F)C2=O)c(OCc2ccc(Cl)c(Cl)c2)c1. The maximum Gasteiger partial charge on any atom is 0.336 e. The highest BCUT2D eigenvalue weighted by Gasteiger charge is 2.38. The Morgan fingerprint density at radius 3 is 2.49 bits per heavy atom. The van der Waals surface area contributed by atoms with Gasteiger partial charge in [-0.15, -0.1) is 0 Å². The third-order valence-electron chi connectivity index (χ3n) is 5.09. The molecule has 1 saturated heterocycles. The number of nitrogens with zero attached hydrogens (tertiary/aromatic N) is 1. The van der Waals surface area contributed by atoms with Gasteiger partial charge < -0.3 is 9.47 Å². The molecule has 0 atom stereocenters. The second-order valence-electron chi connectivity index (χ2n) is 7.35. The number of anilines is 1. The molecule has 1 aliphatic heterocycles. The average Bonchev–Trinajstić information content (AvgIpc) is 2.84. The van der Waals surface area contributed by atoms with E-state index < -0.39 is 23.7 Å². The number of carbonyl (C=O) groups is 3. The Morgan fingerprint density at radius 1 is 1.00 bits per heavy atom. The van der Waals surface area contributed by atoms with Crippen molar-refractivity contribution in [3.63, 3.8) is 0 Å². The maximum atomic E-state index is 14.3. The molecule has 3 aromatic rings. The number of benzene rings is 3. The Morgan fingerprint density at radius 2 is 1.77 bits per heavy atom. The van der Waals surface area contributed by atoms with E-state index in [-0.39, 0.29) is 23.6 Å². The smallest absolute Gasteiger partial charge is 0.336 e. The predicted octanol–water partition coefficient (Wildman–Crippen LogP) is 5.39. The summed E-state index contributed by atoms with van der Waals surface area (Å²) in [7, 11) is 1.48. The Balaban J connectivity index is 1.69. The van der Waals surface area contributed by atoms with Gasteiger partial charge in [0.25, 0.3) is 11.8 Å². The number of amides is 4. The van der Waals surface area contributed by atoms with Crippen molar-refractivity contribution in [2.24, 2.45) is 0 Å². The third-order valence-corrected chi connectivity index (χ3v) is 5.83. The zero-order valence-corrected chi connectivity index (χ0v) is 19.7. The van der Waals surface area contributed by atoms with Crippen LogP contribution in [0.4, 0.5) is 14.9 Å². The van der Waals surface area contributed by atoms with Crippen molar-refractivity contribution in [2.45, 2.75) is 6.61 Å². The Hall–Kier alpha value is -3.88. The van der Waals surface area contributed by atoms with Crippen molar-refractivity contribution in [1.82, 2.24) is 5.32 Å². The molecule has 0 aliphatic carbocycles. The van der Waals surface area contributed by atoms with Gasteiger partial charge in [-0.2, -0.15) is 0 Å². The van der Waals surface area contributed by atoms with Crippen LogP contribution in [0, 0.1) is 5.82 Å². The van der Waals surface area contributed by atoms with Crippen LogP contribution in [0.2, 0.25) is 10.0 Å². The first kappa shape index (κ1) is 24.3. The van der Waals surface area contributed by atoms with Gasteiger partial charge in [0.15, 0.2) is 0 Å². The number of halogens is 3. The molecule has 1 N–H and O–H groups in total. The van der Waals surface area contributed by atoms with Gasteiger partial charge in [-0.25, -0.2) is 14.1 Å². The summed E-state index contributed by atoms with van der Waals surface area (Å²) in [5.41, 5.74) is 0.424. The van der Waals surface area contributed by atoms with Crippen LogP contribution in [0.25, 0.3) is 6.08 Å². The van der Waals surface area contributed by atoms with Gasteiger partial charge in [-0.1, -0.05) is 41.4 Å². The van der Waals surface area contributed by atoms with Gasteiger partial charge in [0.05, 0.1) is 22.8 Å². The Kier molecular flexibility index (Phi) is 7.04. The molecule has 178 valence electrons. The van der Waals surface area contributed by atoms with E-state index in [9.17, 15) is 18.8 Å². The first-order valence-electron chi connectivity index (χ1n) is 10.2. The molecule has 3 aromatic carbocycles. The molecule has 10 heteroatoms. The van der Waals surface area contributed by atoms with E-state index in [4.69, 9.17) is 32.7 Å². The number of rotatable bonds is 6. The van der Waals surface area contributed by atoms with E-state index in [0.29, 0.717) is 26.3 Å². The van der Waals surface area contributed by atoms with Crippen molar-refractivity contribution in [3.8, 4) is 11.5 Å². The fourth-order valence-corrected chi connectivity index (χ4v) is 3.66. The molecule has 0 spiro atoms. The molecule has 1 fully saturated rings. The highest BCUT2D eigenvalue weighted by Crippen LogP contribution is 2.31. The number of hydrogen-bond donors (Lipinski definition) is 1. The minimum Gasteiger partial charge on any atom is -0.497 e. The number of barbiturate groups is 1. The lowest BCUT2D eigenvalue weighted by Crippen LogP contribution is -2.54. The molecule has 4 amide bonds. The molecule has 35 heavy (non-hydrogen) atoms. The van der Waals surface area contributed by atoms with E-state index in [1.807, 2.05) is 0 Å². The first-order chi connectivity index (χ1) is 16.8. The van der Waals surface area contributed by atoms with E-state index >= 15 is 0 Å². The number of imide groups is 2. The number of hydrogen-bond acceptors (Lipinski definition) is 5. The molecule has 4 rings (SSSR count). The topological polar surface area (TPSA) is 84.9 Å². The summed E-state index contributed by atoms with van der Waals surface area (Å²) >= 11 is 12.0. The minimum absolute atomic E-state index is 0.0974. The summed E-state index contributed by atoms with van der Waals surface area (Å²) in [6, 6.07) is 14.0. The second kappa shape index (κ2) is 10.2. The first-order valence-corrected chi connectivity index (χ1v) is 10.9. The largest absolute Gasteiger partial charge is 0.497 e. The molecule has 1 aliphatic rings. The Labute approximate surface area is 209 Å². The van der Waals surface area contributed by atoms with E-state index in [1.165, 1.54) is 31.4 Å². The van der Waals surface area contributed by atoms with Crippen LogP contribution < -0.4 is 19.7 Å². The van der Waals surface area contributed by atoms with Crippen LogP contribution in [0.3, 0.4) is 0 Å². The normalized spacial score (nSPS) is 14.8. The summed E-state index contributed by atoms with van der Waals surface area (Å²) in [5, 5.41) is 2.83. The Bertz CT molecular complexity index is 1380. The van der Waals surface area contributed by atoms with Gasteiger partial charge >= 0.3 is 6.03 Å². The average molecular weight is 515 g/mol. The lowest BCUT2D eigenvalue weighted by atomic mass is 10.1. The van der Waals surface area contributed by atoms with Crippen molar-refractivity contribution in [3.05, 3.63) is 93.2 Å². The summed E-state index contributed by atoms with van der Waals surface area (Å²) in [6.07, 6.45) is 1.27. The van der Waals surface area contributed by atoms with Crippen LogP contribution in [-0.2, 0) is 16.2 Å².